The molecule has 0 aliphatic carbocycles. The molecule has 102 valence electrons. The number of carbonyl (C=O) groups is 1. The third-order valence-electron chi connectivity index (χ3n) is 2.42. The Morgan fingerprint density at radius 2 is 1.94 bits per heavy atom. The SMILES string of the molecule is CC(C)CCC(=O)NCc1ccc(Cl)c(Cl)c1.Cl. The number of hydrogen-bond donors (Lipinski definition) is 1. The maximum absolute atomic E-state index is 11.5. The minimum absolute atomic E-state index is 0. The summed E-state index contributed by atoms with van der Waals surface area (Å²) in [5.41, 5.74) is 0.956. The number of carbonyl (C=O) groups excluding carboxylic acids is 1. The first kappa shape index (κ1) is 17.6. The topological polar surface area (TPSA) is 29.1 Å². The molecule has 0 unspecified atom stereocenters. The number of amides is 1. The van der Waals surface area contributed by atoms with E-state index in [0.29, 0.717) is 28.9 Å². The normalized spacial score (nSPS) is 10.1. The second-order valence-electron chi connectivity index (χ2n) is 4.46. The first-order valence-corrected chi connectivity index (χ1v) is 6.45. The van der Waals surface area contributed by atoms with Gasteiger partial charge in [0.25, 0.3) is 0 Å². The monoisotopic (exact) mass is 309 g/mol. The third kappa shape index (κ3) is 6.48. The molecule has 0 aliphatic rings. The highest BCUT2D eigenvalue weighted by Crippen LogP contribution is 2.22. The van der Waals surface area contributed by atoms with Crippen molar-refractivity contribution >= 4 is 41.5 Å². The van der Waals surface area contributed by atoms with Crippen LogP contribution in [0, 0.1) is 5.92 Å². The van der Waals surface area contributed by atoms with Crippen LogP contribution in [0.3, 0.4) is 0 Å². The van der Waals surface area contributed by atoms with E-state index < -0.39 is 0 Å². The van der Waals surface area contributed by atoms with Crippen molar-refractivity contribution in [3.63, 3.8) is 0 Å². The predicted molar refractivity (Wildman–Crippen MR) is 79.6 cm³/mol. The average Bonchev–Trinajstić information content (AvgIpc) is 2.28. The molecule has 0 aliphatic heterocycles. The molecule has 1 aromatic rings. The summed E-state index contributed by atoms with van der Waals surface area (Å²) >= 11 is 11.7. The van der Waals surface area contributed by atoms with Gasteiger partial charge in [-0.05, 0) is 30.0 Å². The summed E-state index contributed by atoms with van der Waals surface area (Å²) in [4.78, 5) is 11.5. The number of rotatable bonds is 5. The molecule has 1 N–H and O–H groups in total. The fourth-order valence-corrected chi connectivity index (χ4v) is 1.68. The van der Waals surface area contributed by atoms with E-state index in [2.05, 4.69) is 19.2 Å². The van der Waals surface area contributed by atoms with Gasteiger partial charge in [-0.15, -0.1) is 12.4 Å². The smallest absolute Gasteiger partial charge is 0.220 e. The third-order valence-corrected chi connectivity index (χ3v) is 3.16. The Labute approximate surface area is 124 Å². The van der Waals surface area contributed by atoms with Crippen LogP contribution in [0.5, 0.6) is 0 Å². The Morgan fingerprint density at radius 1 is 1.28 bits per heavy atom. The zero-order chi connectivity index (χ0) is 12.8. The van der Waals surface area contributed by atoms with E-state index in [1.165, 1.54) is 0 Å². The Balaban J connectivity index is 0.00000289. The molecule has 5 heteroatoms. The van der Waals surface area contributed by atoms with Gasteiger partial charge < -0.3 is 5.32 Å². The van der Waals surface area contributed by atoms with Crippen LogP contribution in [0.4, 0.5) is 0 Å². The van der Waals surface area contributed by atoms with Gasteiger partial charge in [-0.3, -0.25) is 4.79 Å². The molecule has 0 radical (unpaired) electrons. The molecular formula is C13H18Cl3NO. The Bertz CT molecular complexity index is 394. The first-order chi connectivity index (χ1) is 7.99. The van der Waals surface area contributed by atoms with Crippen LogP contribution in [0.25, 0.3) is 0 Å². The summed E-state index contributed by atoms with van der Waals surface area (Å²) in [7, 11) is 0. The number of halogens is 3. The molecule has 0 bridgehead atoms. The van der Waals surface area contributed by atoms with Gasteiger partial charge in [-0.1, -0.05) is 43.1 Å². The molecule has 2 nitrogen and oxygen atoms in total. The van der Waals surface area contributed by atoms with Gasteiger partial charge >= 0.3 is 0 Å². The highest BCUT2D eigenvalue weighted by molar-refractivity contribution is 6.42. The Kier molecular flexibility index (Phi) is 8.41. The molecular weight excluding hydrogens is 293 g/mol. The van der Waals surface area contributed by atoms with Crippen molar-refractivity contribution in [3.8, 4) is 0 Å². The standard InChI is InChI=1S/C13H17Cl2NO.ClH/c1-9(2)3-6-13(17)16-8-10-4-5-11(14)12(15)7-10;/h4-5,7,9H,3,6,8H2,1-2H3,(H,16,17);1H. The minimum atomic E-state index is 0. The fourth-order valence-electron chi connectivity index (χ4n) is 1.36. The van der Waals surface area contributed by atoms with Crippen molar-refractivity contribution < 1.29 is 4.79 Å². The average molecular weight is 311 g/mol. The molecule has 0 spiro atoms. The van der Waals surface area contributed by atoms with Crippen molar-refractivity contribution in [2.45, 2.75) is 33.2 Å². The Morgan fingerprint density at radius 3 is 2.50 bits per heavy atom. The summed E-state index contributed by atoms with van der Waals surface area (Å²) in [5, 5.41) is 3.90. The molecule has 1 aromatic carbocycles. The van der Waals surface area contributed by atoms with E-state index in [4.69, 9.17) is 23.2 Å². The van der Waals surface area contributed by atoms with Crippen molar-refractivity contribution in [2.24, 2.45) is 5.92 Å². The lowest BCUT2D eigenvalue weighted by Crippen LogP contribution is -2.22. The second kappa shape index (κ2) is 8.63. The van der Waals surface area contributed by atoms with E-state index in [9.17, 15) is 4.79 Å². The van der Waals surface area contributed by atoms with Crippen LogP contribution in [-0.4, -0.2) is 5.91 Å². The highest BCUT2D eigenvalue weighted by Gasteiger charge is 2.04. The van der Waals surface area contributed by atoms with Crippen LogP contribution in [0.15, 0.2) is 18.2 Å². The van der Waals surface area contributed by atoms with Crippen molar-refractivity contribution in [3.05, 3.63) is 33.8 Å². The van der Waals surface area contributed by atoms with E-state index >= 15 is 0 Å². The number of hydrogen-bond acceptors (Lipinski definition) is 1. The molecule has 0 fully saturated rings. The quantitative estimate of drug-likeness (QED) is 0.854. The van der Waals surface area contributed by atoms with Crippen LogP contribution < -0.4 is 5.32 Å². The molecule has 0 atom stereocenters. The predicted octanol–water partition coefficient (Wildman–Crippen LogP) is 4.47. The summed E-state index contributed by atoms with van der Waals surface area (Å²) in [5.74, 6) is 0.621. The molecule has 0 aromatic heterocycles. The lowest BCUT2D eigenvalue weighted by Gasteiger charge is -2.07. The zero-order valence-corrected chi connectivity index (χ0v) is 12.8. The lowest BCUT2D eigenvalue weighted by atomic mass is 10.1. The summed E-state index contributed by atoms with van der Waals surface area (Å²) in [6, 6.07) is 5.36. The fraction of sp³-hybridized carbons (Fsp3) is 0.462. The van der Waals surface area contributed by atoms with E-state index in [1.807, 2.05) is 6.07 Å². The molecule has 0 heterocycles. The lowest BCUT2D eigenvalue weighted by molar-refractivity contribution is -0.121. The van der Waals surface area contributed by atoms with Gasteiger partial charge in [0, 0.05) is 13.0 Å². The summed E-state index contributed by atoms with van der Waals surface area (Å²) < 4.78 is 0. The summed E-state index contributed by atoms with van der Waals surface area (Å²) in [6.45, 7) is 4.70. The highest BCUT2D eigenvalue weighted by atomic mass is 35.5. The number of nitrogens with one attached hydrogen (secondary N) is 1. The van der Waals surface area contributed by atoms with Gasteiger partial charge in [-0.25, -0.2) is 0 Å². The number of benzene rings is 1. The van der Waals surface area contributed by atoms with E-state index in [1.54, 1.807) is 12.1 Å². The van der Waals surface area contributed by atoms with E-state index in [-0.39, 0.29) is 18.3 Å². The van der Waals surface area contributed by atoms with Crippen molar-refractivity contribution in [1.82, 2.24) is 5.32 Å². The molecule has 0 saturated heterocycles. The van der Waals surface area contributed by atoms with Crippen molar-refractivity contribution in [1.29, 1.82) is 0 Å². The van der Waals surface area contributed by atoms with Gasteiger partial charge in [0.2, 0.25) is 5.91 Å². The Hall–Kier alpha value is -0.440. The zero-order valence-electron chi connectivity index (χ0n) is 10.5. The van der Waals surface area contributed by atoms with Crippen LogP contribution in [0.2, 0.25) is 10.0 Å². The van der Waals surface area contributed by atoms with Gasteiger partial charge in [-0.2, -0.15) is 0 Å². The maximum Gasteiger partial charge on any atom is 0.220 e. The minimum Gasteiger partial charge on any atom is -0.352 e. The molecule has 1 amide bonds. The second-order valence-corrected chi connectivity index (χ2v) is 5.27. The largest absolute Gasteiger partial charge is 0.352 e. The van der Waals surface area contributed by atoms with Crippen molar-refractivity contribution in [2.75, 3.05) is 0 Å². The maximum atomic E-state index is 11.5. The van der Waals surface area contributed by atoms with Crippen LogP contribution in [0.1, 0.15) is 32.3 Å². The molecule has 0 saturated carbocycles. The van der Waals surface area contributed by atoms with E-state index in [0.717, 1.165) is 12.0 Å². The molecule has 1 rings (SSSR count). The van der Waals surface area contributed by atoms with Gasteiger partial charge in [0.1, 0.15) is 0 Å². The van der Waals surface area contributed by atoms with Gasteiger partial charge in [0.15, 0.2) is 0 Å². The van der Waals surface area contributed by atoms with Crippen LogP contribution >= 0.6 is 35.6 Å². The summed E-state index contributed by atoms with van der Waals surface area (Å²) in [6.07, 6.45) is 1.48. The molecule has 18 heavy (non-hydrogen) atoms. The van der Waals surface area contributed by atoms with Crippen LogP contribution in [-0.2, 0) is 11.3 Å². The van der Waals surface area contributed by atoms with Gasteiger partial charge in [0.05, 0.1) is 10.0 Å². The first-order valence-electron chi connectivity index (χ1n) is 5.69.